The summed E-state index contributed by atoms with van der Waals surface area (Å²) in [6.07, 6.45) is 12.5. The Hall–Kier alpha value is -2.21. The molecule has 1 saturated carbocycles. The number of aromatic nitrogens is 3. The largest absolute Gasteiger partial charge is 0.338 e. The van der Waals surface area contributed by atoms with Crippen molar-refractivity contribution >= 4 is 5.91 Å². The van der Waals surface area contributed by atoms with Crippen molar-refractivity contribution in [3.63, 3.8) is 0 Å². The van der Waals surface area contributed by atoms with Gasteiger partial charge < -0.3 is 9.47 Å². The summed E-state index contributed by atoms with van der Waals surface area (Å²) in [7, 11) is 0. The third-order valence-corrected chi connectivity index (χ3v) is 7.40. The molecule has 4 heterocycles. The molecule has 2 aromatic heterocycles. The van der Waals surface area contributed by atoms with Crippen LogP contribution < -0.4 is 0 Å². The lowest BCUT2D eigenvalue weighted by Crippen LogP contribution is -2.42. The van der Waals surface area contributed by atoms with Crippen molar-refractivity contribution in [3.05, 3.63) is 48.3 Å². The first-order chi connectivity index (χ1) is 14.1. The second kappa shape index (κ2) is 7.24. The van der Waals surface area contributed by atoms with E-state index in [0.29, 0.717) is 24.5 Å². The number of pyridine rings is 1. The Kier molecular flexibility index (Phi) is 4.69. The zero-order valence-corrected chi connectivity index (χ0v) is 17.5. The van der Waals surface area contributed by atoms with E-state index in [1.165, 1.54) is 19.3 Å². The van der Waals surface area contributed by atoms with E-state index in [1.54, 1.807) is 12.4 Å². The predicted octanol–water partition coefficient (Wildman–Crippen LogP) is 3.23. The van der Waals surface area contributed by atoms with Crippen LogP contribution in [0.5, 0.6) is 0 Å². The highest BCUT2D eigenvalue weighted by atomic mass is 16.2. The van der Waals surface area contributed by atoms with E-state index in [0.717, 1.165) is 37.3 Å². The van der Waals surface area contributed by atoms with Gasteiger partial charge in [-0.2, -0.15) is 0 Å². The first kappa shape index (κ1) is 18.8. The summed E-state index contributed by atoms with van der Waals surface area (Å²) in [5.74, 6) is 0.512. The maximum absolute atomic E-state index is 13.8. The summed E-state index contributed by atoms with van der Waals surface area (Å²) in [5.41, 5.74) is 1.93. The van der Waals surface area contributed by atoms with Crippen LogP contribution in [-0.2, 0) is 11.3 Å². The number of rotatable bonds is 5. The number of amides is 1. The van der Waals surface area contributed by atoms with Gasteiger partial charge in [0, 0.05) is 62.8 Å². The first-order valence-corrected chi connectivity index (χ1v) is 11.0. The third-order valence-electron chi connectivity index (χ3n) is 7.40. The first-order valence-electron chi connectivity index (χ1n) is 11.0. The Bertz CT molecular complexity index is 874. The highest BCUT2D eigenvalue weighted by Crippen LogP contribution is 2.51. The molecule has 0 unspecified atom stereocenters. The van der Waals surface area contributed by atoms with Crippen molar-refractivity contribution < 1.29 is 4.79 Å². The van der Waals surface area contributed by atoms with Crippen LogP contribution in [0.4, 0.5) is 0 Å². The molecule has 3 aliphatic rings. The number of carbonyl (C=O) groups is 1. The molecule has 6 nitrogen and oxygen atoms in total. The Morgan fingerprint density at radius 2 is 2.03 bits per heavy atom. The highest BCUT2D eigenvalue weighted by Gasteiger charge is 2.58. The number of hydrogen-bond acceptors (Lipinski definition) is 4. The summed E-state index contributed by atoms with van der Waals surface area (Å²) < 4.78 is 2.17. The van der Waals surface area contributed by atoms with Gasteiger partial charge in [-0.05, 0) is 50.8 Å². The van der Waals surface area contributed by atoms with Crippen LogP contribution >= 0.6 is 0 Å². The lowest BCUT2D eigenvalue weighted by molar-refractivity contribution is -0.136. The van der Waals surface area contributed by atoms with E-state index in [-0.39, 0.29) is 11.3 Å². The molecule has 29 heavy (non-hydrogen) atoms. The Balaban J connectivity index is 1.43. The summed E-state index contributed by atoms with van der Waals surface area (Å²) in [4.78, 5) is 27.3. The molecule has 5 rings (SSSR count). The number of hydrogen-bond donors (Lipinski definition) is 0. The molecule has 1 aliphatic carbocycles. The number of nitrogens with zero attached hydrogens (tertiary/aromatic N) is 5. The van der Waals surface area contributed by atoms with E-state index in [4.69, 9.17) is 4.98 Å². The Labute approximate surface area is 172 Å². The van der Waals surface area contributed by atoms with Gasteiger partial charge in [0.25, 0.3) is 0 Å². The second-order valence-corrected chi connectivity index (χ2v) is 9.39. The molecule has 0 aromatic carbocycles. The maximum atomic E-state index is 13.8. The average Bonchev–Trinajstić information content (AvgIpc) is 3.36. The lowest BCUT2D eigenvalue weighted by atomic mass is 9.75. The van der Waals surface area contributed by atoms with Gasteiger partial charge in [0.2, 0.25) is 5.91 Å². The molecule has 6 heteroatoms. The van der Waals surface area contributed by atoms with E-state index in [1.807, 2.05) is 18.5 Å². The van der Waals surface area contributed by atoms with Crippen molar-refractivity contribution in [1.29, 1.82) is 0 Å². The summed E-state index contributed by atoms with van der Waals surface area (Å²) in [5, 5.41) is 0. The van der Waals surface area contributed by atoms with E-state index in [9.17, 15) is 4.79 Å². The molecular formula is C23H31N5O. The third kappa shape index (κ3) is 3.18. The van der Waals surface area contributed by atoms with Gasteiger partial charge in [-0.25, -0.2) is 4.98 Å². The van der Waals surface area contributed by atoms with Gasteiger partial charge in [-0.1, -0.05) is 6.42 Å². The van der Waals surface area contributed by atoms with Crippen LogP contribution in [0.3, 0.4) is 0 Å². The molecule has 154 valence electrons. The molecule has 1 amide bonds. The lowest BCUT2D eigenvalue weighted by Gasteiger charge is -2.35. The van der Waals surface area contributed by atoms with Crippen molar-refractivity contribution in [2.45, 2.75) is 64.1 Å². The van der Waals surface area contributed by atoms with Gasteiger partial charge in [0.1, 0.15) is 0 Å². The monoisotopic (exact) mass is 393 g/mol. The Morgan fingerprint density at radius 3 is 2.69 bits per heavy atom. The molecule has 2 aromatic rings. The molecule has 2 atom stereocenters. The van der Waals surface area contributed by atoms with Gasteiger partial charge >= 0.3 is 0 Å². The molecular weight excluding hydrogens is 362 g/mol. The molecule has 0 radical (unpaired) electrons. The van der Waals surface area contributed by atoms with Crippen molar-refractivity contribution in [1.82, 2.24) is 24.3 Å². The van der Waals surface area contributed by atoms with Crippen molar-refractivity contribution in [2.75, 3.05) is 19.6 Å². The van der Waals surface area contributed by atoms with Gasteiger partial charge in [0.15, 0.2) is 0 Å². The summed E-state index contributed by atoms with van der Waals surface area (Å²) in [6.45, 7) is 7.72. The van der Waals surface area contributed by atoms with Crippen LogP contribution in [0.15, 0.2) is 37.1 Å². The van der Waals surface area contributed by atoms with Crippen LogP contribution in [-0.4, -0.2) is 55.9 Å². The fourth-order valence-electron chi connectivity index (χ4n) is 5.36. The van der Waals surface area contributed by atoms with Crippen LogP contribution in [0, 0.1) is 5.41 Å². The van der Waals surface area contributed by atoms with Gasteiger partial charge in [-0.15, -0.1) is 0 Å². The molecule has 0 bridgehead atoms. The molecule has 0 N–H and O–H groups in total. The summed E-state index contributed by atoms with van der Waals surface area (Å²) >= 11 is 0. The van der Waals surface area contributed by atoms with Crippen molar-refractivity contribution in [2.24, 2.45) is 5.41 Å². The number of imidazole rings is 1. The SMILES string of the molecule is CC(C)n1cnc([C@H]2CN(C3CCC3)C[C@@]23CCN(Cc2ccncc2)C3=O)c1. The minimum absolute atomic E-state index is 0.193. The predicted molar refractivity (Wildman–Crippen MR) is 111 cm³/mol. The summed E-state index contributed by atoms with van der Waals surface area (Å²) in [6, 6.07) is 5.06. The number of likely N-dealkylation sites (tertiary alicyclic amines) is 2. The topological polar surface area (TPSA) is 54.3 Å². The average molecular weight is 394 g/mol. The maximum Gasteiger partial charge on any atom is 0.231 e. The standard InChI is InChI=1S/C23H31N5O/c1-17(2)28-14-21(25-16-28)20-13-27(19-4-3-5-19)15-23(20)8-11-26(22(23)29)12-18-6-9-24-10-7-18/h6-7,9-10,14,16-17,19-20H,3-5,8,11-13,15H2,1-2H3/t20-,23+/m1/s1. The molecule has 3 fully saturated rings. The minimum Gasteiger partial charge on any atom is -0.338 e. The van der Waals surface area contributed by atoms with Gasteiger partial charge in [-0.3, -0.25) is 14.7 Å². The van der Waals surface area contributed by atoms with Crippen LogP contribution in [0.2, 0.25) is 0 Å². The zero-order chi connectivity index (χ0) is 20.0. The van der Waals surface area contributed by atoms with E-state index < -0.39 is 0 Å². The fourth-order valence-corrected chi connectivity index (χ4v) is 5.36. The quantitative estimate of drug-likeness (QED) is 0.783. The van der Waals surface area contributed by atoms with Gasteiger partial charge in [0.05, 0.1) is 17.4 Å². The number of carbonyl (C=O) groups excluding carboxylic acids is 1. The smallest absolute Gasteiger partial charge is 0.231 e. The normalized spacial score (nSPS) is 28.0. The fraction of sp³-hybridized carbons (Fsp3) is 0.609. The van der Waals surface area contributed by atoms with Crippen LogP contribution in [0.1, 0.15) is 62.7 Å². The minimum atomic E-state index is -0.321. The highest BCUT2D eigenvalue weighted by molar-refractivity contribution is 5.86. The van der Waals surface area contributed by atoms with E-state index in [2.05, 4.69) is 39.4 Å². The van der Waals surface area contributed by atoms with Crippen LogP contribution in [0.25, 0.3) is 0 Å². The zero-order valence-electron chi connectivity index (χ0n) is 17.5. The van der Waals surface area contributed by atoms with E-state index >= 15 is 0 Å². The van der Waals surface area contributed by atoms with Crippen molar-refractivity contribution in [3.8, 4) is 0 Å². The Morgan fingerprint density at radius 1 is 1.24 bits per heavy atom. The molecule has 1 spiro atoms. The molecule has 2 aliphatic heterocycles. The second-order valence-electron chi connectivity index (χ2n) is 9.39. The molecule has 2 saturated heterocycles.